The molecular formula is C42H50ClFN10O10S. The predicted octanol–water partition coefficient (Wildman–Crippen LogP) is 3.62. The standard InChI is InChI=1S/C42H50ClFN10O10S/c1-24(2)53-23-29(38(51-53)28-20-26(43)21-32(37(28)44)52-65(4,60)61)30-10-12-46-42(49-30)47-22-25(3)48-35(56)11-14-62-16-18-64-19-17-63-15-13-45-31-7-5-6-27-36(31)41(59)54(40(27)58)33-8-9-34(55)50-39(33)57/h5-7,10,12,20-21,23-25,33,45,52H,8-9,11,13-19,22H2,1-4H3,(H,48,56)(H,46,47,49)(H,50,55,57). The zero-order chi connectivity index (χ0) is 46.8. The van der Waals surface area contributed by atoms with E-state index < -0.39 is 45.5 Å². The van der Waals surface area contributed by atoms with E-state index in [1.807, 2.05) is 20.8 Å². The summed E-state index contributed by atoms with van der Waals surface area (Å²) in [6.45, 7) is 7.82. The Labute approximate surface area is 379 Å². The lowest BCUT2D eigenvalue weighted by Crippen LogP contribution is -2.54. The molecule has 2 aromatic carbocycles. The van der Waals surface area contributed by atoms with Crippen LogP contribution in [0, 0.1) is 5.82 Å². The van der Waals surface area contributed by atoms with E-state index in [4.69, 9.17) is 25.8 Å². The number of benzene rings is 2. The second-order valence-electron chi connectivity index (χ2n) is 15.5. The number of sulfonamides is 1. The molecule has 348 valence electrons. The second kappa shape index (κ2) is 21.7. The molecule has 0 radical (unpaired) electrons. The van der Waals surface area contributed by atoms with E-state index in [9.17, 15) is 32.4 Å². The van der Waals surface area contributed by atoms with Gasteiger partial charge in [-0.25, -0.2) is 22.8 Å². The summed E-state index contributed by atoms with van der Waals surface area (Å²) < 4.78 is 60.0. The molecular weight excluding hydrogens is 891 g/mol. The van der Waals surface area contributed by atoms with Crippen molar-refractivity contribution >= 4 is 68.5 Å². The maximum absolute atomic E-state index is 15.7. The summed E-state index contributed by atoms with van der Waals surface area (Å²) in [5, 5.41) is 16.0. The minimum absolute atomic E-state index is 0.0227. The van der Waals surface area contributed by atoms with E-state index in [2.05, 4.69) is 41.1 Å². The topological polar surface area (TPSA) is 254 Å². The number of rotatable bonds is 23. The molecule has 2 aliphatic heterocycles. The van der Waals surface area contributed by atoms with Crippen LogP contribution >= 0.6 is 11.6 Å². The third kappa shape index (κ3) is 12.6. The Morgan fingerprint density at radius 2 is 1.66 bits per heavy atom. The van der Waals surface area contributed by atoms with E-state index in [-0.39, 0.29) is 109 Å². The monoisotopic (exact) mass is 940 g/mol. The third-order valence-corrected chi connectivity index (χ3v) is 10.8. The van der Waals surface area contributed by atoms with Gasteiger partial charge in [0, 0.05) is 72.2 Å². The van der Waals surface area contributed by atoms with Crippen LogP contribution < -0.4 is 26.0 Å². The number of amides is 5. The zero-order valence-electron chi connectivity index (χ0n) is 36.1. The number of imide groups is 2. The van der Waals surface area contributed by atoms with Gasteiger partial charge >= 0.3 is 0 Å². The maximum Gasteiger partial charge on any atom is 0.264 e. The van der Waals surface area contributed by atoms with Crippen molar-refractivity contribution in [2.45, 2.75) is 58.2 Å². The molecule has 2 unspecified atom stereocenters. The van der Waals surface area contributed by atoms with Gasteiger partial charge < -0.3 is 30.2 Å². The molecule has 0 bridgehead atoms. The summed E-state index contributed by atoms with van der Waals surface area (Å²) in [6, 6.07) is 7.55. The van der Waals surface area contributed by atoms with Crippen LogP contribution in [0.4, 0.5) is 21.7 Å². The normalized spacial score (nSPS) is 15.6. The first-order valence-electron chi connectivity index (χ1n) is 20.8. The number of nitrogens with one attached hydrogen (secondary N) is 5. The number of piperidine rings is 1. The fourth-order valence-electron chi connectivity index (χ4n) is 6.94. The summed E-state index contributed by atoms with van der Waals surface area (Å²) in [6.07, 6.45) is 4.38. The van der Waals surface area contributed by atoms with Crippen molar-refractivity contribution in [3.63, 3.8) is 0 Å². The molecule has 4 aromatic rings. The van der Waals surface area contributed by atoms with Crippen LogP contribution in [-0.4, -0.2) is 134 Å². The van der Waals surface area contributed by atoms with Gasteiger partial charge in [-0.05, 0) is 57.5 Å². The minimum atomic E-state index is -3.81. The largest absolute Gasteiger partial charge is 0.382 e. The predicted molar refractivity (Wildman–Crippen MR) is 237 cm³/mol. The van der Waals surface area contributed by atoms with Crippen LogP contribution in [0.5, 0.6) is 0 Å². The molecule has 6 rings (SSSR count). The van der Waals surface area contributed by atoms with Crippen LogP contribution in [0.25, 0.3) is 22.5 Å². The molecule has 65 heavy (non-hydrogen) atoms. The van der Waals surface area contributed by atoms with E-state index in [1.54, 1.807) is 29.1 Å². The minimum Gasteiger partial charge on any atom is -0.382 e. The van der Waals surface area contributed by atoms with Crippen LogP contribution in [0.15, 0.2) is 48.8 Å². The quantitative estimate of drug-likeness (QED) is 0.0526. The molecule has 1 saturated heterocycles. The Morgan fingerprint density at radius 3 is 2.37 bits per heavy atom. The highest BCUT2D eigenvalue weighted by Crippen LogP contribution is 2.37. The number of anilines is 3. The van der Waals surface area contributed by atoms with Gasteiger partial charge in [0.15, 0.2) is 5.82 Å². The Morgan fingerprint density at radius 1 is 0.938 bits per heavy atom. The lowest BCUT2D eigenvalue weighted by molar-refractivity contribution is -0.136. The molecule has 5 N–H and O–H groups in total. The first-order valence-corrected chi connectivity index (χ1v) is 23.0. The Kier molecular flexibility index (Phi) is 16.2. The van der Waals surface area contributed by atoms with Crippen molar-refractivity contribution in [1.29, 1.82) is 0 Å². The number of hydrogen-bond acceptors (Lipinski definition) is 15. The number of carbonyl (C=O) groups excluding carboxylic acids is 5. The number of halogens is 2. The molecule has 0 saturated carbocycles. The summed E-state index contributed by atoms with van der Waals surface area (Å²) in [5.41, 5.74) is 1.52. The number of nitrogens with zero attached hydrogens (tertiary/aromatic N) is 5. The van der Waals surface area contributed by atoms with Gasteiger partial charge in [0.2, 0.25) is 33.7 Å². The van der Waals surface area contributed by atoms with E-state index >= 15 is 4.39 Å². The van der Waals surface area contributed by atoms with Gasteiger partial charge in [0.05, 0.1) is 68.4 Å². The highest BCUT2D eigenvalue weighted by molar-refractivity contribution is 7.92. The smallest absolute Gasteiger partial charge is 0.264 e. The van der Waals surface area contributed by atoms with Crippen molar-refractivity contribution in [3.05, 3.63) is 70.8 Å². The number of fused-ring (bicyclic) bond motifs is 1. The van der Waals surface area contributed by atoms with Gasteiger partial charge in [0.1, 0.15) is 11.7 Å². The van der Waals surface area contributed by atoms with Crippen molar-refractivity contribution in [3.8, 4) is 22.5 Å². The van der Waals surface area contributed by atoms with Gasteiger partial charge in [0.25, 0.3) is 11.8 Å². The fourth-order valence-corrected chi connectivity index (χ4v) is 7.71. The average molecular weight is 941 g/mol. The Bertz CT molecular complexity index is 2540. The van der Waals surface area contributed by atoms with E-state index in [1.165, 1.54) is 24.4 Å². The van der Waals surface area contributed by atoms with Crippen LogP contribution in [0.1, 0.15) is 66.8 Å². The van der Waals surface area contributed by atoms with Crippen LogP contribution in [-0.2, 0) is 38.6 Å². The third-order valence-electron chi connectivity index (χ3n) is 10.0. The van der Waals surface area contributed by atoms with E-state index in [0.717, 1.165) is 11.2 Å². The molecule has 2 atom stereocenters. The molecule has 20 nitrogen and oxygen atoms in total. The summed E-state index contributed by atoms with van der Waals surface area (Å²) in [5.74, 6) is -3.11. The van der Waals surface area contributed by atoms with Gasteiger partial charge in [-0.1, -0.05) is 17.7 Å². The van der Waals surface area contributed by atoms with Crippen molar-refractivity contribution in [2.24, 2.45) is 0 Å². The van der Waals surface area contributed by atoms with Crippen molar-refractivity contribution < 1.29 is 51.0 Å². The molecule has 4 heterocycles. The highest BCUT2D eigenvalue weighted by atomic mass is 35.5. The first kappa shape index (κ1) is 48.4. The summed E-state index contributed by atoms with van der Waals surface area (Å²) in [4.78, 5) is 72.6. The molecule has 1 fully saturated rings. The van der Waals surface area contributed by atoms with Gasteiger partial charge in [-0.2, -0.15) is 5.10 Å². The molecule has 23 heteroatoms. The van der Waals surface area contributed by atoms with Crippen LogP contribution in [0.3, 0.4) is 0 Å². The Balaban J connectivity index is 0.861. The number of hydrogen-bond donors (Lipinski definition) is 5. The molecule has 5 amide bonds. The molecule has 2 aliphatic rings. The van der Waals surface area contributed by atoms with Gasteiger partial charge in [-0.3, -0.25) is 43.6 Å². The molecule has 0 aliphatic carbocycles. The average Bonchev–Trinajstić information content (AvgIpc) is 3.81. The second-order valence-corrected chi connectivity index (χ2v) is 17.6. The summed E-state index contributed by atoms with van der Waals surface area (Å²) >= 11 is 6.28. The number of carbonyl (C=O) groups is 5. The zero-order valence-corrected chi connectivity index (χ0v) is 37.7. The highest BCUT2D eigenvalue weighted by Gasteiger charge is 2.45. The van der Waals surface area contributed by atoms with Crippen LogP contribution in [0.2, 0.25) is 5.02 Å². The number of aromatic nitrogens is 4. The van der Waals surface area contributed by atoms with E-state index in [0.29, 0.717) is 36.7 Å². The molecule has 0 spiro atoms. The maximum atomic E-state index is 15.7. The summed E-state index contributed by atoms with van der Waals surface area (Å²) in [7, 11) is -3.81. The Hall–Kier alpha value is -6.07. The SMILES string of the molecule is CC(CNc1nccc(-c2cn(C(C)C)nc2-c2cc(Cl)cc(NS(C)(=O)=O)c2F)n1)NC(=O)CCOCCOCCOCCNc1cccc2c1C(=O)N(C1CCC(=O)NC1=O)C2=O. The number of ether oxygens (including phenoxy) is 3. The first-order chi connectivity index (χ1) is 31.0. The van der Waals surface area contributed by atoms with Crippen molar-refractivity contribution in [1.82, 2.24) is 35.3 Å². The fraction of sp³-hybridized carbons (Fsp3) is 0.429. The lowest BCUT2D eigenvalue weighted by atomic mass is 10.0. The van der Waals surface area contributed by atoms with Gasteiger partial charge in [-0.15, -0.1) is 0 Å². The van der Waals surface area contributed by atoms with Crippen molar-refractivity contribution in [2.75, 3.05) is 74.3 Å². The lowest BCUT2D eigenvalue weighted by Gasteiger charge is -2.27. The molecule has 2 aromatic heterocycles.